The molecule has 236 valence electrons. The standard InChI is InChI=1S/C32H57NO5Si4/c1-39(2,3)35-29-25-34-32(38-42(10,11)12,31(37-41(7,8)9)30(29)36-40(4,5)6)26-33(23-27-19-15-13-16-20-27)24-28-21-17-14-18-22-28/h13-22,29-31H,23-26H2,1-12H3. The molecule has 0 amide bonds. The van der Waals surface area contributed by atoms with Crippen molar-refractivity contribution in [2.24, 2.45) is 0 Å². The summed E-state index contributed by atoms with van der Waals surface area (Å²) in [4.78, 5) is 2.46. The fraction of sp³-hybridized carbons (Fsp3) is 0.625. The predicted molar refractivity (Wildman–Crippen MR) is 185 cm³/mol. The lowest BCUT2D eigenvalue weighted by atomic mass is 9.96. The summed E-state index contributed by atoms with van der Waals surface area (Å²) in [6, 6.07) is 21.3. The van der Waals surface area contributed by atoms with E-state index in [1.165, 1.54) is 11.1 Å². The topological polar surface area (TPSA) is 49.4 Å². The van der Waals surface area contributed by atoms with E-state index in [1.54, 1.807) is 0 Å². The minimum absolute atomic E-state index is 0.209. The molecule has 2 aromatic carbocycles. The van der Waals surface area contributed by atoms with E-state index < -0.39 is 45.2 Å². The van der Waals surface area contributed by atoms with E-state index in [9.17, 15) is 0 Å². The maximum Gasteiger partial charge on any atom is 0.200 e. The van der Waals surface area contributed by atoms with Crippen molar-refractivity contribution < 1.29 is 22.4 Å². The summed E-state index contributed by atoms with van der Waals surface area (Å²) >= 11 is 0. The highest BCUT2D eigenvalue weighted by atomic mass is 28.4. The average molecular weight is 648 g/mol. The fourth-order valence-corrected chi connectivity index (χ4v) is 9.97. The van der Waals surface area contributed by atoms with E-state index in [2.05, 4.69) is 144 Å². The SMILES string of the molecule is C[Si](C)(C)OC1COC(CN(Cc2ccccc2)Cc2ccccc2)(O[Si](C)(C)C)C(O[Si](C)(C)C)C1O[Si](C)(C)C. The number of ether oxygens (including phenoxy) is 1. The minimum Gasteiger partial charge on any atom is -0.410 e. The summed E-state index contributed by atoms with van der Waals surface area (Å²) in [6.45, 7) is 29.4. The molecule has 3 rings (SSSR count). The van der Waals surface area contributed by atoms with Crippen molar-refractivity contribution in [3.63, 3.8) is 0 Å². The van der Waals surface area contributed by atoms with Gasteiger partial charge in [0.2, 0.25) is 0 Å². The van der Waals surface area contributed by atoms with Gasteiger partial charge in [0.05, 0.1) is 19.3 Å². The molecule has 4 unspecified atom stereocenters. The highest BCUT2D eigenvalue weighted by molar-refractivity contribution is 6.71. The molecule has 42 heavy (non-hydrogen) atoms. The molecule has 2 aromatic rings. The Balaban J connectivity index is 2.15. The van der Waals surface area contributed by atoms with Crippen molar-refractivity contribution >= 4 is 33.3 Å². The van der Waals surface area contributed by atoms with Gasteiger partial charge in [-0.1, -0.05) is 60.7 Å². The van der Waals surface area contributed by atoms with Crippen molar-refractivity contribution in [2.45, 2.75) is 116 Å². The summed E-state index contributed by atoms with van der Waals surface area (Å²) in [6.07, 6.45) is -0.915. The molecule has 0 aliphatic carbocycles. The first-order chi connectivity index (χ1) is 19.2. The van der Waals surface area contributed by atoms with Crippen LogP contribution >= 0.6 is 0 Å². The van der Waals surface area contributed by atoms with Crippen LogP contribution in [0, 0.1) is 0 Å². The van der Waals surface area contributed by atoms with E-state index in [0.717, 1.165) is 13.1 Å². The van der Waals surface area contributed by atoms with Crippen LogP contribution in [0.5, 0.6) is 0 Å². The molecule has 0 aromatic heterocycles. The van der Waals surface area contributed by atoms with Crippen molar-refractivity contribution in [2.75, 3.05) is 13.2 Å². The molecule has 6 nitrogen and oxygen atoms in total. The van der Waals surface area contributed by atoms with E-state index in [4.69, 9.17) is 22.4 Å². The van der Waals surface area contributed by atoms with Gasteiger partial charge in [-0.15, -0.1) is 0 Å². The zero-order valence-corrected chi connectivity index (χ0v) is 32.3. The fourth-order valence-electron chi connectivity index (χ4n) is 5.42. The van der Waals surface area contributed by atoms with Gasteiger partial charge in [-0.25, -0.2) is 0 Å². The monoisotopic (exact) mass is 647 g/mol. The van der Waals surface area contributed by atoms with Gasteiger partial charge in [-0.05, 0) is 89.7 Å². The van der Waals surface area contributed by atoms with Crippen LogP contribution in [0.4, 0.5) is 0 Å². The Bertz CT molecular complexity index is 1050. The normalized spacial score (nSPS) is 24.3. The van der Waals surface area contributed by atoms with Crippen LogP contribution < -0.4 is 0 Å². The van der Waals surface area contributed by atoms with Gasteiger partial charge in [0, 0.05) is 13.1 Å². The van der Waals surface area contributed by atoms with E-state index in [-0.39, 0.29) is 12.2 Å². The maximum atomic E-state index is 7.22. The summed E-state index contributed by atoms with van der Waals surface area (Å²) in [5.41, 5.74) is 2.51. The number of benzene rings is 2. The second kappa shape index (κ2) is 14.0. The van der Waals surface area contributed by atoms with Crippen molar-refractivity contribution in [1.29, 1.82) is 0 Å². The second-order valence-electron chi connectivity index (χ2n) is 15.6. The van der Waals surface area contributed by atoms with Crippen LogP contribution in [0.3, 0.4) is 0 Å². The molecule has 1 saturated heterocycles. The zero-order chi connectivity index (χ0) is 31.4. The van der Waals surface area contributed by atoms with E-state index in [0.29, 0.717) is 13.2 Å². The Kier molecular flexibility index (Phi) is 11.9. The molecule has 10 heteroatoms. The molecule has 1 fully saturated rings. The molecule has 4 atom stereocenters. The van der Waals surface area contributed by atoms with Gasteiger partial charge in [0.25, 0.3) is 0 Å². The third kappa shape index (κ3) is 11.9. The second-order valence-corrected chi connectivity index (χ2v) is 33.4. The quantitative estimate of drug-likeness (QED) is 0.194. The number of hydrogen-bond acceptors (Lipinski definition) is 6. The molecule has 0 saturated carbocycles. The number of nitrogens with zero attached hydrogens (tertiary/aromatic N) is 1. The maximum absolute atomic E-state index is 7.22. The first kappa shape index (κ1) is 35.5. The van der Waals surface area contributed by atoms with Gasteiger partial charge in [-0.2, -0.15) is 0 Å². The van der Waals surface area contributed by atoms with Crippen LogP contribution in [0.2, 0.25) is 78.6 Å². The third-order valence-electron chi connectivity index (χ3n) is 6.49. The van der Waals surface area contributed by atoms with Crippen LogP contribution in [0.1, 0.15) is 11.1 Å². The Morgan fingerprint density at radius 3 is 1.50 bits per heavy atom. The Hall–Kier alpha value is -0.932. The summed E-state index contributed by atoms with van der Waals surface area (Å²) in [5.74, 6) is -1.00. The first-order valence-electron chi connectivity index (χ1n) is 15.4. The summed E-state index contributed by atoms with van der Waals surface area (Å²) < 4.78 is 35.2. The van der Waals surface area contributed by atoms with Gasteiger partial charge in [-0.3, -0.25) is 4.90 Å². The number of hydrogen-bond donors (Lipinski definition) is 0. The van der Waals surface area contributed by atoms with Gasteiger partial charge < -0.3 is 22.4 Å². The van der Waals surface area contributed by atoms with Gasteiger partial charge in [0.15, 0.2) is 39.1 Å². The van der Waals surface area contributed by atoms with Crippen molar-refractivity contribution in [3.8, 4) is 0 Å². The smallest absolute Gasteiger partial charge is 0.200 e. The predicted octanol–water partition coefficient (Wildman–Crippen LogP) is 7.93. The highest BCUT2D eigenvalue weighted by Gasteiger charge is 2.58. The lowest BCUT2D eigenvalue weighted by Crippen LogP contribution is -2.72. The Morgan fingerprint density at radius 2 is 1.10 bits per heavy atom. The molecule has 0 spiro atoms. The molecule has 1 aliphatic heterocycles. The summed E-state index contributed by atoms with van der Waals surface area (Å²) in [7, 11) is -8.13. The summed E-state index contributed by atoms with van der Waals surface area (Å²) in [5, 5.41) is 0. The molecular formula is C32H57NO5Si4. The van der Waals surface area contributed by atoms with Gasteiger partial charge >= 0.3 is 0 Å². The van der Waals surface area contributed by atoms with E-state index >= 15 is 0 Å². The molecular weight excluding hydrogens is 591 g/mol. The van der Waals surface area contributed by atoms with E-state index in [1.807, 2.05) is 0 Å². The van der Waals surface area contributed by atoms with Crippen molar-refractivity contribution in [3.05, 3.63) is 71.8 Å². The highest BCUT2D eigenvalue weighted by Crippen LogP contribution is 2.39. The van der Waals surface area contributed by atoms with Crippen LogP contribution in [0.25, 0.3) is 0 Å². The van der Waals surface area contributed by atoms with Crippen LogP contribution in [-0.4, -0.2) is 75.4 Å². The molecule has 1 heterocycles. The van der Waals surface area contributed by atoms with Crippen LogP contribution in [0.15, 0.2) is 60.7 Å². The number of rotatable bonds is 14. The zero-order valence-electron chi connectivity index (χ0n) is 28.3. The average Bonchev–Trinajstić information content (AvgIpc) is 2.81. The first-order valence-corrected chi connectivity index (χ1v) is 29.0. The minimum atomic E-state index is -2.13. The molecule has 0 N–H and O–H groups in total. The third-order valence-corrected chi connectivity index (χ3v) is 10.4. The van der Waals surface area contributed by atoms with Crippen LogP contribution in [-0.2, 0) is 35.5 Å². The molecule has 0 radical (unpaired) electrons. The largest absolute Gasteiger partial charge is 0.410 e. The molecule has 0 bridgehead atoms. The van der Waals surface area contributed by atoms with Crippen molar-refractivity contribution in [1.82, 2.24) is 4.90 Å². The Morgan fingerprint density at radius 1 is 0.643 bits per heavy atom. The van der Waals surface area contributed by atoms with Gasteiger partial charge in [0.1, 0.15) is 12.2 Å². The molecule has 1 aliphatic rings. The Labute approximate surface area is 260 Å². The lowest BCUT2D eigenvalue weighted by Gasteiger charge is -2.55. The lowest BCUT2D eigenvalue weighted by molar-refractivity contribution is -0.307.